The fourth-order valence-electron chi connectivity index (χ4n) is 5.00. The molecule has 0 unspecified atom stereocenters. The van der Waals surface area contributed by atoms with Gasteiger partial charge >= 0.3 is 0 Å². The third-order valence-electron chi connectivity index (χ3n) is 6.98. The summed E-state index contributed by atoms with van der Waals surface area (Å²) in [6, 6.07) is 20.5. The number of benzene rings is 3. The van der Waals surface area contributed by atoms with Crippen LogP contribution in [0.4, 0.5) is 10.1 Å². The Kier molecular flexibility index (Phi) is 6.85. The largest absolute Gasteiger partial charge is 0.497 e. The van der Waals surface area contributed by atoms with Gasteiger partial charge in [-0.25, -0.2) is 9.07 Å². The van der Waals surface area contributed by atoms with Gasteiger partial charge in [0.2, 0.25) is 11.8 Å². The summed E-state index contributed by atoms with van der Waals surface area (Å²) in [5, 5.41) is 11.3. The van der Waals surface area contributed by atoms with Crippen LogP contribution in [-0.2, 0) is 22.7 Å². The molecule has 1 aromatic heterocycles. The first-order valence-electron chi connectivity index (χ1n) is 12.3. The molecule has 5 rings (SSSR count). The van der Waals surface area contributed by atoms with Gasteiger partial charge in [-0.1, -0.05) is 42.3 Å². The Morgan fingerprint density at radius 3 is 2.43 bits per heavy atom. The van der Waals surface area contributed by atoms with Crippen molar-refractivity contribution in [2.45, 2.75) is 44.3 Å². The second-order valence-corrected chi connectivity index (χ2v) is 9.26. The van der Waals surface area contributed by atoms with Crippen LogP contribution in [0.15, 0.2) is 72.8 Å². The molecule has 0 spiro atoms. The van der Waals surface area contributed by atoms with Crippen molar-refractivity contribution >= 4 is 28.5 Å². The third-order valence-corrected chi connectivity index (χ3v) is 6.98. The van der Waals surface area contributed by atoms with Crippen molar-refractivity contribution in [3.63, 3.8) is 0 Å². The fourth-order valence-corrected chi connectivity index (χ4v) is 5.00. The molecule has 0 radical (unpaired) electrons. The van der Waals surface area contributed by atoms with E-state index in [1.807, 2.05) is 24.3 Å². The number of fused-ring (bicyclic) bond motifs is 1. The van der Waals surface area contributed by atoms with Gasteiger partial charge in [0.1, 0.15) is 29.2 Å². The monoisotopic (exact) mass is 501 g/mol. The van der Waals surface area contributed by atoms with Gasteiger partial charge in [0.25, 0.3) is 0 Å². The molecule has 1 aliphatic carbocycles. The topological polar surface area (TPSA) is 89.4 Å². The number of methoxy groups -OCH3 is 1. The summed E-state index contributed by atoms with van der Waals surface area (Å²) < 4.78 is 20.4. The first-order valence-corrected chi connectivity index (χ1v) is 12.3. The van der Waals surface area contributed by atoms with Crippen molar-refractivity contribution in [1.82, 2.24) is 19.9 Å². The molecule has 8 nitrogen and oxygen atoms in total. The predicted molar refractivity (Wildman–Crippen MR) is 137 cm³/mol. The Labute approximate surface area is 214 Å². The second kappa shape index (κ2) is 10.4. The summed E-state index contributed by atoms with van der Waals surface area (Å²) in [5.41, 5.74) is 1.73. The van der Waals surface area contributed by atoms with Gasteiger partial charge in [-0.15, -0.1) is 5.10 Å². The molecule has 1 saturated carbocycles. The van der Waals surface area contributed by atoms with E-state index < -0.39 is 5.54 Å². The molecule has 2 amide bonds. The normalized spacial score (nSPS) is 14.4. The maximum Gasteiger partial charge on any atom is 0.250 e. The summed E-state index contributed by atoms with van der Waals surface area (Å²) in [6.45, 7) is 0.0983. The summed E-state index contributed by atoms with van der Waals surface area (Å²) >= 11 is 0. The third kappa shape index (κ3) is 5.02. The van der Waals surface area contributed by atoms with Crippen LogP contribution in [0.1, 0.15) is 31.2 Å². The summed E-state index contributed by atoms with van der Waals surface area (Å²) in [6.07, 6.45) is 2.69. The van der Waals surface area contributed by atoms with E-state index in [2.05, 4.69) is 15.6 Å². The Morgan fingerprint density at radius 2 is 1.73 bits per heavy atom. The molecule has 37 heavy (non-hydrogen) atoms. The Balaban J connectivity index is 1.48. The van der Waals surface area contributed by atoms with Gasteiger partial charge in [0.15, 0.2) is 0 Å². The molecule has 3 aromatic carbocycles. The molecule has 1 heterocycles. The number of rotatable bonds is 8. The number of nitrogens with zero attached hydrogens (tertiary/aromatic N) is 4. The van der Waals surface area contributed by atoms with E-state index in [1.54, 1.807) is 53.1 Å². The maximum absolute atomic E-state index is 13.9. The number of anilines is 1. The molecule has 1 N–H and O–H groups in total. The van der Waals surface area contributed by atoms with Gasteiger partial charge in [-0.2, -0.15) is 0 Å². The number of para-hydroxylation sites is 1. The number of carbonyl (C=O) groups excluding carboxylic acids is 2. The standard InChI is InChI=1S/C28H28FN5O3/c1-37-23-14-12-22(13-15-23)30-27(36)28(16-4-5-17-28)33(18-20-8-10-21(29)11-9-20)26(35)19-34-25-7-3-2-6-24(25)31-32-34/h2-3,6-15H,4-5,16-19H2,1H3,(H,30,36). The lowest BCUT2D eigenvalue weighted by atomic mass is 9.92. The van der Waals surface area contributed by atoms with Crippen molar-refractivity contribution in [3.8, 4) is 5.75 Å². The highest BCUT2D eigenvalue weighted by molar-refractivity contribution is 6.01. The minimum atomic E-state index is -1.05. The van der Waals surface area contributed by atoms with Crippen LogP contribution < -0.4 is 10.1 Å². The number of amides is 2. The van der Waals surface area contributed by atoms with E-state index in [9.17, 15) is 14.0 Å². The molecule has 4 aromatic rings. The van der Waals surface area contributed by atoms with E-state index in [0.29, 0.717) is 29.8 Å². The second-order valence-electron chi connectivity index (χ2n) is 9.26. The highest BCUT2D eigenvalue weighted by atomic mass is 19.1. The van der Waals surface area contributed by atoms with Gasteiger partial charge in [-0.05, 0) is 66.9 Å². The Bertz CT molecular complexity index is 1400. The quantitative estimate of drug-likeness (QED) is 0.382. The average molecular weight is 502 g/mol. The molecule has 190 valence electrons. The van der Waals surface area contributed by atoms with Crippen LogP contribution in [-0.4, -0.2) is 44.4 Å². The zero-order chi connectivity index (χ0) is 25.8. The molecule has 0 bridgehead atoms. The van der Waals surface area contributed by atoms with Gasteiger partial charge in [-0.3, -0.25) is 9.59 Å². The lowest BCUT2D eigenvalue weighted by molar-refractivity contribution is -0.147. The molecule has 1 fully saturated rings. The van der Waals surface area contributed by atoms with Crippen molar-refractivity contribution in [2.24, 2.45) is 0 Å². The van der Waals surface area contributed by atoms with Crippen molar-refractivity contribution in [2.75, 3.05) is 12.4 Å². The molecule has 0 aliphatic heterocycles. The van der Waals surface area contributed by atoms with Crippen LogP contribution in [0, 0.1) is 5.82 Å². The van der Waals surface area contributed by atoms with Gasteiger partial charge in [0, 0.05) is 12.2 Å². The molecule has 0 atom stereocenters. The van der Waals surface area contributed by atoms with Gasteiger partial charge in [0.05, 0.1) is 12.6 Å². The maximum atomic E-state index is 13.9. The predicted octanol–water partition coefficient (Wildman–Crippen LogP) is 4.56. The number of carbonyl (C=O) groups is 2. The highest BCUT2D eigenvalue weighted by Crippen LogP contribution is 2.38. The van der Waals surface area contributed by atoms with Crippen LogP contribution >= 0.6 is 0 Å². The van der Waals surface area contributed by atoms with E-state index in [4.69, 9.17) is 4.74 Å². The minimum absolute atomic E-state index is 0.0702. The summed E-state index contributed by atoms with van der Waals surface area (Å²) in [7, 11) is 1.58. The number of aromatic nitrogens is 3. The first-order chi connectivity index (χ1) is 18.0. The van der Waals surface area contributed by atoms with E-state index >= 15 is 0 Å². The zero-order valence-corrected chi connectivity index (χ0v) is 20.6. The lowest BCUT2D eigenvalue weighted by Crippen LogP contribution is -2.57. The number of nitrogens with one attached hydrogen (secondary N) is 1. The number of ether oxygens (including phenoxy) is 1. The van der Waals surface area contributed by atoms with Crippen LogP contribution in [0.5, 0.6) is 5.75 Å². The van der Waals surface area contributed by atoms with Crippen LogP contribution in [0.2, 0.25) is 0 Å². The molecule has 1 aliphatic rings. The lowest BCUT2D eigenvalue weighted by Gasteiger charge is -2.40. The SMILES string of the molecule is COc1ccc(NC(=O)C2(N(Cc3ccc(F)cc3)C(=O)Cn3nnc4ccccc43)CCCC2)cc1. The minimum Gasteiger partial charge on any atom is -0.497 e. The highest BCUT2D eigenvalue weighted by Gasteiger charge is 2.48. The van der Waals surface area contributed by atoms with Crippen molar-refractivity contribution in [1.29, 1.82) is 0 Å². The molecular weight excluding hydrogens is 473 g/mol. The first kappa shape index (κ1) is 24.4. The van der Waals surface area contributed by atoms with Gasteiger partial charge < -0.3 is 15.0 Å². The van der Waals surface area contributed by atoms with E-state index in [0.717, 1.165) is 23.9 Å². The molecule has 0 saturated heterocycles. The summed E-state index contributed by atoms with van der Waals surface area (Å²) in [5.74, 6) is -0.175. The average Bonchev–Trinajstić information content (AvgIpc) is 3.57. The fraction of sp³-hybridized carbons (Fsp3) is 0.286. The van der Waals surface area contributed by atoms with Crippen molar-refractivity contribution < 1.29 is 18.7 Å². The molecule has 9 heteroatoms. The van der Waals surface area contributed by atoms with Crippen molar-refractivity contribution in [3.05, 3.63) is 84.2 Å². The number of hydrogen-bond acceptors (Lipinski definition) is 5. The van der Waals surface area contributed by atoms with Crippen LogP contribution in [0.3, 0.4) is 0 Å². The molecular formula is C28H28FN5O3. The smallest absolute Gasteiger partial charge is 0.250 e. The summed E-state index contributed by atoms with van der Waals surface area (Å²) in [4.78, 5) is 29.4. The zero-order valence-electron chi connectivity index (χ0n) is 20.6. The van der Waals surface area contributed by atoms with Crippen LogP contribution in [0.25, 0.3) is 11.0 Å². The number of hydrogen-bond donors (Lipinski definition) is 1. The Hall–Kier alpha value is -4.27. The number of halogens is 1. The van der Waals surface area contributed by atoms with E-state index in [1.165, 1.54) is 12.1 Å². The Morgan fingerprint density at radius 1 is 1.03 bits per heavy atom. The van der Waals surface area contributed by atoms with E-state index in [-0.39, 0.29) is 30.7 Å².